The average molecular weight is 283 g/mol. The zero-order chi connectivity index (χ0) is 13.1. The summed E-state index contributed by atoms with van der Waals surface area (Å²) in [5.74, 6) is 0.879. The van der Waals surface area contributed by atoms with E-state index in [9.17, 15) is 5.11 Å². The average Bonchev–Trinajstić information content (AvgIpc) is 2.75. The Hall–Kier alpha value is -1.10. The van der Waals surface area contributed by atoms with Gasteiger partial charge in [-0.15, -0.1) is 11.3 Å². The minimum absolute atomic E-state index is 0.479. The van der Waals surface area contributed by atoms with Crippen LogP contribution in [-0.4, -0.2) is 17.1 Å². The molecule has 0 aliphatic rings. The third-order valence-electron chi connectivity index (χ3n) is 2.67. The number of rotatable bonds is 4. The fraction of sp³-hybridized carbons (Fsp3) is 0.308. The Morgan fingerprint density at radius 2 is 2.17 bits per heavy atom. The molecule has 0 aromatic carbocycles. The summed E-state index contributed by atoms with van der Waals surface area (Å²) in [6.07, 6.45) is 1.23. The summed E-state index contributed by atoms with van der Waals surface area (Å²) in [6.45, 7) is 2.51. The molecule has 0 bridgehead atoms. The molecule has 18 heavy (non-hydrogen) atoms. The van der Waals surface area contributed by atoms with Gasteiger partial charge in [-0.3, -0.25) is 0 Å². The van der Waals surface area contributed by atoms with E-state index >= 15 is 0 Å². The number of anilines is 1. The van der Waals surface area contributed by atoms with Crippen LogP contribution in [0, 0.1) is 0 Å². The Morgan fingerprint density at radius 3 is 2.67 bits per heavy atom. The van der Waals surface area contributed by atoms with Crippen molar-refractivity contribution in [3.05, 3.63) is 45.2 Å². The van der Waals surface area contributed by atoms with Crippen LogP contribution in [0.25, 0.3) is 0 Å². The highest BCUT2D eigenvalue weighted by molar-refractivity contribution is 7.16. The van der Waals surface area contributed by atoms with E-state index in [4.69, 9.17) is 11.6 Å². The number of aliphatic hydroxyl groups is 1. The van der Waals surface area contributed by atoms with Crippen molar-refractivity contribution in [2.75, 3.05) is 11.9 Å². The summed E-state index contributed by atoms with van der Waals surface area (Å²) >= 11 is 7.48. The van der Waals surface area contributed by atoms with Crippen LogP contribution in [0.3, 0.4) is 0 Å². The molecule has 1 atom stereocenters. The molecule has 0 radical (unpaired) electrons. The van der Waals surface area contributed by atoms with E-state index in [0.717, 1.165) is 22.3 Å². The van der Waals surface area contributed by atoms with Crippen molar-refractivity contribution in [3.63, 3.8) is 0 Å². The van der Waals surface area contributed by atoms with E-state index in [2.05, 4.69) is 4.98 Å². The van der Waals surface area contributed by atoms with E-state index in [1.165, 1.54) is 4.88 Å². The van der Waals surface area contributed by atoms with Gasteiger partial charge in [0.05, 0.1) is 17.0 Å². The van der Waals surface area contributed by atoms with Gasteiger partial charge in [-0.2, -0.15) is 0 Å². The second-order valence-electron chi connectivity index (χ2n) is 4.19. The summed E-state index contributed by atoms with van der Waals surface area (Å²) in [4.78, 5) is 7.59. The molecule has 1 unspecified atom stereocenters. The lowest BCUT2D eigenvalue weighted by atomic mass is 10.2. The van der Waals surface area contributed by atoms with E-state index in [1.54, 1.807) is 24.5 Å². The molecule has 2 heterocycles. The molecule has 0 aliphatic heterocycles. The zero-order valence-corrected chi connectivity index (χ0v) is 11.9. The first kappa shape index (κ1) is 13.3. The maximum Gasteiger partial charge on any atom is 0.128 e. The summed E-state index contributed by atoms with van der Waals surface area (Å²) in [5, 5.41) is 9.42. The van der Waals surface area contributed by atoms with Crippen LogP contribution in [0.1, 0.15) is 23.5 Å². The van der Waals surface area contributed by atoms with Crippen molar-refractivity contribution in [3.8, 4) is 0 Å². The Labute approximate surface area is 116 Å². The minimum atomic E-state index is -0.479. The Morgan fingerprint density at radius 1 is 1.39 bits per heavy atom. The van der Waals surface area contributed by atoms with E-state index in [0.29, 0.717) is 0 Å². The van der Waals surface area contributed by atoms with Crippen LogP contribution in [0.4, 0.5) is 5.82 Å². The molecule has 0 amide bonds. The van der Waals surface area contributed by atoms with Gasteiger partial charge in [0.25, 0.3) is 0 Å². The fourth-order valence-electron chi connectivity index (χ4n) is 1.62. The number of nitrogens with zero attached hydrogens (tertiary/aromatic N) is 2. The number of aliphatic hydroxyl groups excluding tert-OH is 1. The number of hydrogen-bond acceptors (Lipinski definition) is 4. The van der Waals surface area contributed by atoms with Gasteiger partial charge in [0.1, 0.15) is 5.82 Å². The predicted octanol–water partition coefficient (Wildman–Crippen LogP) is 3.49. The Bertz CT molecular complexity index is 510. The lowest BCUT2D eigenvalue weighted by molar-refractivity contribution is 0.199. The molecule has 2 aromatic heterocycles. The van der Waals surface area contributed by atoms with Gasteiger partial charge in [0.2, 0.25) is 0 Å². The van der Waals surface area contributed by atoms with Gasteiger partial charge in [-0.05, 0) is 30.7 Å². The minimum Gasteiger partial charge on any atom is -0.389 e. The molecule has 1 N–H and O–H groups in total. The van der Waals surface area contributed by atoms with E-state index in [1.807, 2.05) is 36.2 Å². The van der Waals surface area contributed by atoms with Crippen molar-refractivity contribution in [1.82, 2.24) is 4.98 Å². The van der Waals surface area contributed by atoms with Crippen LogP contribution >= 0.6 is 22.9 Å². The molecular formula is C13H15ClN2OS. The number of pyridine rings is 1. The molecule has 2 rings (SSSR count). The first-order valence-electron chi connectivity index (χ1n) is 5.65. The normalized spacial score (nSPS) is 12.4. The first-order chi connectivity index (χ1) is 8.56. The lowest BCUT2D eigenvalue weighted by Gasteiger charge is -2.17. The fourth-order valence-corrected chi connectivity index (χ4v) is 2.76. The highest BCUT2D eigenvalue weighted by Crippen LogP contribution is 2.24. The summed E-state index contributed by atoms with van der Waals surface area (Å²) in [6, 6.07) is 7.73. The topological polar surface area (TPSA) is 36.4 Å². The smallest absolute Gasteiger partial charge is 0.128 e. The van der Waals surface area contributed by atoms with E-state index in [-0.39, 0.29) is 0 Å². The van der Waals surface area contributed by atoms with Crippen LogP contribution in [0.5, 0.6) is 0 Å². The van der Waals surface area contributed by atoms with Crippen LogP contribution < -0.4 is 4.90 Å². The van der Waals surface area contributed by atoms with Crippen LogP contribution in [0.15, 0.2) is 30.5 Å². The molecule has 96 valence electrons. The van der Waals surface area contributed by atoms with E-state index < -0.39 is 6.10 Å². The van der Waals surface area contributed by atoms with Crippen molar-refractivity contribution in [2.24, 2.45) is 0 Å². The van der Waals surface area contributed by atoms with Crippen LogP contribution in [-0.2, 0) is 6.54 Å². The number of thiophene rings is 1. The zero-order valence-electron chi connectivity index (χ0n) is 10.3. The number of aromatic nitrogens is 1. The molecule has 0 saturated heterocycles. The molecule has 3 nitrogen and oxygen atoms in total. The maximum absolute atomic E-state index is 9.42. The second-order valence-corrected chi connectivity index (χ2v) is 5.99. The summed E-state index contributed by atoms with van der Waals surface area (Å²) in [7, 11) is 1.98. The highest BCUT2D eigenvalue weighted by atomic mass is 35.5. The SMILES string of the molecule is CC(O)c1ccc(N(C)Cc2ccc(Cl)s2)nc1. The monoisotopic (exact) mass is 282 g/mol. The van der Waals surface area contributed by atoms with Gasteiger partial charge in [-0.1, -0.05) is 17.7 Å². The number of halogens is 1. The van der Waals surface area contributed by atoms with Crippen molar-refractivity contribution in [2.45, 2.75) is 19.6 Å². The molecule has 2 aromatic rings. The third-order valence-corrected chi connectivity index (χ3v) is 3.88. The second kappa shape index (κ2) is 5.69. The molecule has 0 aliphatic carbocycles. The summed E-state index contributed by atoms with van der Waals surface area (Å²) in [5.41, 5.74) is 0.825. The Kier molecular flexibility index (Phi) is 4.22. The number of hydrogen-bond donors (Lipinski definition) is 1. The molecule has 0 spiro atoms. The Balaban J connectivity index is 2.06. The summed E-state index contributed by atoms with van der Waals surface area (Å²) < 4.78 is 0.802. The van der Waals surface area contributed by atoms with Gasteiger partial charge in [-0.25, -0.2) is 4.98 Å². The predicted molar refractivity (Wildman–Crippen MR) is 76.3 cm³/mol. The van der Waals surface area contributed by atoms with Crippen molar-refractivity contribution in [1.29, 1.82) is 0 Å². The lowest BCUT2D eigenvalue weighted by Crippen LogP contribution is -2.16. The quantitative estimate of drug-likeness (QED) is 0.933. The molecular weight excluding hydrogens is 268 g/mol. The van der Waals surface area contributed by atoms with Crippen molar-refractivity contribution >= 4 is 28.8 Å². The first-order valence-corrected chi connectivity index (χ1v) is 6.85. The van der Waals surface area contributed by atoms with Gasteiger partial charge in [0.15, 0.2) is 0 Å². The van der Waals surface area contributed by atoms with Gasteiger partial charge < -0.3 is 10.0 Å². The highest BCUT2D eigenvalue weighted by Gasteiger charge is 2.07. The molecule has 5 heteroatoms. The standard InChI is InChI=1S/C13H15ClN2OS/c1-9(17)10-3-6-13(15-7-10)16(2)8-11-4-5-12(14)18-11/h3-7,9,17H,8H2,1-2H3. The third kappa shape index (κ3) is 3.22. The largest absolute Gasteiger partial charge is 0.389 e. The molecule has 0 saturated carbocycles. The van der Waals surface area contributed by atoms with Gasteiger partial charge in [0, 0.05) is 18.1 Å². The van der Waals surface area contributed by atoms with Gasteiger partial charge >= 0.3 is 0 Å². The van der Waals surface area contributed by atoms with Crippen molar-refractivity contribution < 1.29 is 5.11 Å². The van der Waals surface area contributed by atoms with Crippen LogP contribution in [0.2, 0.25) is 4.34 Å². The molecule has 0 fully saturated rings. The maximum atomic E-state index is 9.42.